The Labute approximate surface area is 164 Å². The number of ether oxygens (including phenoxy) is 2. The van der Waals surface area contributed by atoms with Gasteiger partial charge in [-0.2, -0.15) is 0 Å². The van der Waals surface area contributed by atoms with E-state index in [-0.39, 0.29) is 18.2 Å². The number of halogens is 3. The van der Waals surface area contributed by atoms with Gasteiger partial charge in [-0.15, -0.1) is 13.2 Å². The zero-order valence-electron chi connectivity index (χ0n) is 15.7. The first kappa shape index (κ1) is 20.3. The van der Waals surface area contributed by atoms with E-state index < -0.39 is 6.36 Å². The second kappa shape index (κ2) is 7.92. The fraction of sp³-hybridized carbons (Fsp3) is 0.211. The van der Waals surface area contributed by atoms with Crippen LogP contribution >= 0.6 is 0 Å². The minimum Gasteiger partial charge on any atom is -0.469 e. The lowest BCUT2D eigenvalue weighted by atomic mass is 10.0. The molecule has 0 aliphatic carbocycles. The molecule has 29 heavy (non-hydrogen) atoms. The summed E-state index contributed by atoms with van der Waals surface area (Å²) in [5, 5.41) is 5.84. The van der Waals surface area contributed by atoms with Crippen LogP contribution in [-0.4, -0.2) is 30.2 Å². The zero-order valence-corrected chi connectivity index (χ0v) is 15.7. The van der Waals surface area contributed by atoms with E-state index in [1.54, 1.807) is 13.1 Å². The number of alkyl halides is 3. The van der Waals surface area contributed by atoms with E-state index in [0.29, 0.717) is 22.2 Å². The summed E-state index contributed by atoms with van der Waals surface area (Å²) < 4.78 is 51.8. The van der Waals surface area contributed by atoms with E-state index >= 15 is 0 Å². The Balaban J connectivity index is 1.88. The van der Waals surface area contributed by atoms with Crippen molar-refractivity contribution in [1.29, 1.82) is 0 Å². The van der Waals surface area contributed by atoms with Gasteiger partial charge in [-0.25, -0.2) is 5.84 Å². The smallest absolute Gasteiger partial charge is 0.469 e. The minimum absolute atomic E-state index is 0.0515. The molecular weight excluding hydrogens is 389 g/mol. The molecule has 7 nitrogen and oxygen atoms in total. The first-order valence-electron chi connectivity index (χ1n) is 8.45. The summed E-state index contributed by atoms with van der Waals surface area (Å²) in [5.74, 6) is 5.45. The third-order valence-electron chi connectivity index (χ3n) is 3.89. The van der Waals surface area contributed by atoms with Crippen LogP contribution < -0.4 is 21.1 Å². The van der Waals surface area contributed by atoms with E-state index in [1.165, 1.54) is 35.5 Å². The van der Waals surface area contributed by atoms with Crippen molar-refractivity contribution >= 4 is 11.0 Å². The van der Waals surface area contributed by atoms with Crippen LogP contribution in [0.15, 0.2) is 52.8 Å². The Kier molecular flexibility index (Phi) is 5.55. The largest absolute Gasteiger partial charge is 0.573 e. The van der Waals surface area contributed by atoms with Crippen LogP contribution in [0.5, 0.6) is 11.6 Å². The molecule has 1 heterocycles. The zero-order chi connectivity index (χ0) is 21.2. The average molecular weight is 408 g/mol. The minimum atomic E-state index is -4.74. The summed E-state index contributed by atoms with van der Waals surface area (Å²) in [4.78, 5) is 0. The van der Waals surface area contributed by atoms with E-state index in [0.717, 1.165) is 11.1 Å². The summed E-state index contributed by atoms with van der Waals surface area (Å²) in [6.45, 7) is 1.88. The van der Waals surface area contributed by atoms with Crippen molar-refractivity contribution < 1.29 is 27.2 Å². The molecule has 10 heteroatoms. The molecule has 2 aromatic carbocycles. The van der Waals surface area contributed by atoms with E-state index in [1.807, 2.05) is 13.0 Å². The van der Waals surface area contributed by atoms with Gasteiger partial charge in [0.2, 0.25) is 0 Å². The van der Waals surface area contributed by atoms with Gasteiger partial charge in [0, 0.05) is 13.2 Å². The van der Waals surface area contributed by atoms with Gasteiger partial charge in [-0.1, -0.05) is 12.1 Å². The highest BCUT2D eigenvalue weighted by molar-refractivity contribution is 5.89. The lowest BCUT2D eigenvalue weighted by molar-refractivity contribution is -0.274. The van der Waals surface area contributed by atoms with Crippen molar-refractivity contribution in [3.63, 3.8) is 0 Å². The number of hydrogen-bond acceptors (Lipinski definition) is 7. The fourth-order valence-corrected chi connectivity index (χ4v) is 2.76. The Morgan fingerprint density at radius 3 is 2.52 bits per heavy atom. The number of rotatable bonds is 6. The number of nitrogens with zero attached hydrogens (tertiary/aromatic N) is 2. The molecular formula is C19H19F3N4O3. The highest BCUT2D eigenvalue weighted by Crippen LogP contribution is 2.34. The maximum absolute atomic E-state index is 12.3. The monoisotopic (exact) mass is 408 g/mol. The van der Waals surface area contributed by atoms with E-state index in [2.05, 4.69) is 9.89 Å². The maximum Gasteiger partial charge on any atom is 0.573 e. The number of benzene rings is 2. The van der Waals surface area contributed by atoms with Crippen LogP contribution in [0.4, 0.5) is 13.2 Å². The second-order valence-electron chi connectivity index (χ2n) is 6.39. The lowest BCUT2D eigenvalue weighted by Crippen LogP contribution is -2.22. The molecule has 0 amide bonds. The van der Waals surface area contributed by atoms with Crippen molar-refractivity contribution in [3.05, 3.63) is 53.9 Å². The standard InChI is InChI=1S/C19H19F3N4O3/c1-11-7-13(12-3-5-15(6-4-12)28-19(20,21)22)8-16-17(11)29-25-18(16)27-10-14(23)9-26(2)24/h3-9H,10,23-24H2,1-2H3/b14-9-. The molecule has 0 aliphatic rings. The third-order valence-corrected chi connectivity index (χ3v) is 3.89. The van der Waals surface area contributed by atoms with Crippen molar-refractivity contribution in [2.24, 2.45) is 11.6 Å². The third kappa shape index (κ3) is 5.11. The molecule has 0 spiro atoms. The normalized spacial score (nSPS) is 12.3. The van der Waals surface area contributed by atoms with Crippen LogP contribution in [0, 0.1) is 6.92 Å². The topological polar surface area (TPSA) is 99.8 Å². The van der Waals surface area contributed by atoms with Gasteiger partial charge in [0.25, 0.3) is 5.88 Å². The molecule has 0 aliphatic heterocycles. The van der Waals surface area contributed by atoms with Crippen LogP contribution in [0.1, 0.15) is 5.56 Å². The summed E-state index contributed by atoms with van der Waals surface area (Å²) in [7, 11) is 1.62. The van der Waals surface area contributed by atoms with Crippen LogP contribution in [0.2, 0.25) is 0 Å². The average Bonchev–Trinajstić information content (AvgIpc) is 3.02. The van der Waals surface area contributed by atoms with Gasteiger partial charge in [0.15, 0.2) is 5.58 Å². The molecule has 0 fully saturated rings. The molecule has 0 atom stereocenters. The predicted molar refractivity (Wildman–Crippen MR) is 101 cm³/mol. The Morgan fingerprint density at radius 1 is 1.21 bits per heavy atom. The van der Waals surface area contributed by atoms with Crippen LogP contribution in [-0.2, 0) is 0 Å². The van der Waals surface area contributed by atoms with Gasteiger partial charge >= 0.3 is 6.36 Å². The van der Waals surface area contributed by atoms with Gasteiger partial charge in [0.1, 0.15) is 12.4 Å². The van der Waals surface area contributed by atoms with E-state index in [9.17, 15) is 13.2 Å². The van der Waals surface area contributed by atoms with Gasteiger partial charge < -0.3 is 24.7 Å². The summed E-state index contributed by atoms with van der Waals surface area (Å²) in [6, 6.07) is 9.20. The highest BCUT2D eigenvalue weighted by Gasteiger charge is 2.31. The molecule has 4 N–H and O–H groups in total. The molecule has 1 aromatic heterocycles. The number of aromatic nitrogens is 1. The number of nitrogens with two attached hydrogens (primary N) is 2. The molecule has 0 radical (unpaired) electrons. The molecule has 0 unspecified atom stereocenters. The Hall–Kier alpha value is -3.40. The molecule has 154 valence electrons. The predicted octanol–water partition coefficient (Wildman–Crippen LogP) is 3.69. The maximum atomic E-state index is 12.3. The van der Waals surface area contributed by atoms with Crippen LogP contribution in [0.25, 0.3) is 22.1 Å². The molecule has 3 rings (SSSR count). The number of fused-ring (bicyclic) bond motifs is 1. The van der Waals surface area contributed by atoms with E-state index in [4.69, 9.17) is 20.8 Å². The van der Waals surface area contributed by atoms with Gasteiger partial charge in [-0.05, 0) is 53.0 Å². The molecule has 3 aromatic rings. The highest BCUT2D eigenvalue weighted by atomic mass is 19.4. The first-order chi connectivity index (χ1) is 13.6. The summed E-state index contributed by atoms with van der Waals surface area (Å²) >= 11 is 0. The Bertz CT molecular complexity index is 1030. The van der Waals surface area contributed by atoms with Crippen molar-refractivity contribution in [1.82, 2.24) is 10.2 Å². The summed E-state index contributed by atoms with van der Waals surface area (Å²) in [5.41, 5.74) is 8.98. The van der Waals surface area contributed by atoms with Crippen molar-refractivity contribution in [3.8, 4) is 22.8 Å². The lowest BCUT2D eigenvalue weighted by Gasteiger charge is -2.10. The number of aryl methyl sites for hydroxylation is 1. The molecule has 0 saturated carbocycles. The van der Waals surface area contributed by atoms with Crippen LogP contribution in [0.3, 0.4) is 0 Å². The van der Waals surface area contributed by atoms with Crippen molar-refractivity contribution in [2.75, 3.05) is 13.7 Å². The fourth-order valence-electron chi connectivity index (χ4n) is 2.76. The van der Waals surface area contributed by atoms with Crippen molar-refractivity contribution in [2.45, 2.75) is 13.3 Å². The quantitative estimate of drug-likeness (QED) is 0.474. The Morgan fingerprint density at radius 2 is 1.90 bits per heavy atom. The second-order valence-corrected chi connectivity index (χ2v) is 6.39. The SMILES string of the molecule is Cc1cc(-c2ccc(OC(F)(F)F)cc2)cc2c(OC/C(N)=C/N(C)N)noc12. The summed E-state index contributed by atoms with van der Waals surface area (Å²) in [6.07, 6.45) is -3.23. The van der Waals surface area contributed by atoms with Gasteiger partial charge in [-0.3, -0.25) is 0 Å². The van der Waals surface area contributed by atoms with Gasteiger partial charge in [0.05, 0.1) is 11.1 Å². The number of hydrazine groups is 1. The molecule has 0 saturated heterocycles. The first-order valence-corrected chi connectivity index (χ1v) is 8.45. The number of hydrogen-bond donors (Lipinski definition) is 2. The molecule has 0 bridgehead atoms.